The lowest BCUT2D eigenvalue weighted by molar-refractivity contribution is 0.414. The molecule has 0 aliphatic heterocycles. The van der Waals surface area contributed by atoms with Gasteiger partial charge in [-0.05, 0) is 49.2 Å². The third-order valence-electron chi connectivity index (χ3n) is 3.54. The lowest BCUT2D eigenvalue weighted by atomic mass is 10.0. The van der Waals surface area contributed by atoms with Gasteiger partial charge in [-0.15, -0.1) is 0 Å². The molecule has 0 heterocycles. The molecule has 2 nitrogen and oxygen atoms in total. The average molecular weight is 352 g/mol. The molecule has 0 saturated heterocycles. The van der Waals surface area contributed by atoms with Gasteiger partial charge in [-0.25, -0.2) is 4.39 Å². The van der Waals surface area contributed by atoms with Gasteiger partial charge in [-0.2, -0.15) is 0 Å². The number of benzene rings is 2. The van der Waals surface area contributed by atoms with Gasteiger partial charge in [0.1, 0.15) is 11.6 Å². The molecule has 2 atom stereocenters. The van der Waals surface area contributed by atoms with Crippen molar-refractivity contribution in [3.05, 3.63) is 63.9 Å². The summed E-state index contributed by atoms with van der Waals surface area (Å²) in [5.41, 5.74) is 2.22. The van der Waals surface area contributed by atoms with E-state index in [1.807, 2.05) is 24.3 Å². The van der Waals surface area contributed by atoms with Crippen molar-refractivity contribution in [2.24, 2.45) is 0 Å². The van der Waals surface area contributed by atoms with E-state index in [1.54, 1.807) is 13.2 Å². The van der Waals surface area contributed by atoms with E-state index in [1.165, 1.54) is 17.7 Å². The first kappa shape index (κ1) is 16.0. The van der Waals surface area contributed by atoms with E-state index in [4.69, 9.17) is 4.74 Å². The number of halogens is 2. The molecule has 0 radical (unpaired) electrons. The first-order chi connectivity index (χ1) is 10.0. The molecule has 2 aromatic rings. The first-order valence-electron chi connectivity index (χ1n) is 6.86. The van der Waals surface area contributed by atoms with E-state index in [9.17, 15) is 4.39 Å². The standard InChI is InChI=1S/C17H19BrFNO/c1-11(13-4-7-15(21-3)8-5-13)20-12(2)16-9-6-14(19)10-17(16)18/h4-12,20H,1-3H3/t11-,12?/m1/s1. The van der Waals surface area contributed by atoms with E-state index < -0.39 is 0 Å². The summed E-state index contributed by atoms with van der Waals surface area (Å²) in [7, 11) is 1.66. The van der Waals surface area contributed by atoms with Crippen molar-refractivity contribution in [2.75, 3.05) is 7.11 Å². The van der Waals surface area contributed by atoms with E-state index in [2.05, 4.69) is 35.1 Å². The highest BCUT2D eigenvalue weighted by Gasteiger charge is 2.14. The normalized spacial score (nSPS) is 13.8. The lowest BCUT2D eigenvalue weighted by Gasteiger charge is -2.22. The van der Waals surface area contributed by atoms with Crippen LogP contribution >= 0.6 is 15.9 Å². The molecule has 0 fully saturated rings. The SMILES string of the molecule is COc1ccc([C@@H](C)NC(C)c2ccc(F)cc2Br)cc1. The molecule has 0 aliphatic rings. The van der Waals surface area contributed by atoms with E-state index >= 15 is 0 Å². The smallest absolute Gasteiger partial charge is 0.124 e. The maximum atomic E-state index is 13.1. The van der Waals surface area contributed by atoms with E-state index in [-0.39, 0.29) is 17.9 Å². The van der Waals surface area contributed by atoms with Crippen molar-refractivity contribution < 1.29 is 9.13 Å². The summed E-state index contributed by atoms with van der Waals surface area (Å²) >= 11 is 3.42. The van der Waals surface area contributed by atoms with Gasteiger partial charge >= 0.3 is 0 Å². The van der Waals surface area contributed by atoms with Gasteiger partial charge in [-0.3, -0.25) is 0 Å². The highest BCUT2D eigenvalue weighted by molar-refractivity contribution is 9.10. The Morgan fingerprint density at radius 2 is 1.71 bits per heavy atom. The molecule has 2 aromatic carbocycles. The molecule has 0 bridgehead atoms. The number of nitrogens with one attached hydrogen (secondary N) is 1. The van der Waals surface area contributed by atoms with Gasteiger partial charge in [0, 0.05) is 16.6 Å². The molecule has 112 valence electrons. The number of hydrogen-bond acceptors (Lipinski definition) is 2. The highest BCUT2D eigenvalue weighted by Crippen LogP contribution is 2.27. The minimum atomic E-state index is -0.235. The fraction of sp³-hybridized carbons (Fsp3) is 0.294. The summed E-state index contributed by atoms with van der Waals surface area (Å²) in [6.07, 6.45) is 0. The van der Waals surface area contributed by atoms with Crippen molar-refractivity contribution in [1.29, 1.82) is 0 Å². The predicted octanol–water partition coefficient (Wildman–Crippen LogP) is 5.01. The Balaban J connectivity index is 2.08. The van der Waals surface area contributed by atoms with Gasteiger partial charge < -0.3 is 10.1 Å². The maximum absolute atomic E-state index is 13.1. The Kier molecular flexibility index (Phi) is 5.37. The Morgan fingerprint density at radius 3 is 2.29 bits per heavy atom. The third kappa shape index (κ3) is 4.05. The van der Waals surface area contributed by atoms with Crippen LogP contribution < -0.4 is 10.1 Å². The van der Waals surface area contributed by atoms with Crippen LogP contribution in [0.15, 0.2) is 46.9 Å². The Labute approximate surface area is 133 Å². The van der Waals surface area contributed by atoms with Crippen molar-refractivity contribution >= 4 is 15.9 Å². The van der Waals surface area contributed by atoms with Gasteiger partial charge in [0.25, 0.3) is 0 Å². The summed E-state index contributed by atoms with van der Waals surface area (Å²) in [6.45, 7) is 4.17. The van der Waals surface area contributed by atoms with Crippen LogP contribution in [-0.4, -0.2) is 7.11 Å². The van der Waals surface area contributed by atoms with Gasteiger partial charge in [0.15, 0.2) is 0 Å². The molecule has 1 unspecified atom stereocenters. The van der Waals surface area contributed by atoms with E-state index in [0.717, 1.165) is 15.8 Å². The zero-order chi connectivity index (χ0) is 15.4. The summed E-state index contributed by atoms with van der Waals surface area (Å²) in [4.78, 5) is 0. The second-order valence-corrected chi connectivity index (χ2v) is 5.90. The van der Waals surface area contributed by atoms with Gasteiger partial charge in [0.05, 0.1) is 7.11 Å². The molecule has 0 amide bonds. The summed E-state index contributed by atoms with van der Waals surface area (Å²) in [5, 5.41) is 3.52. The first-order valence-corrected chi connectivity index (χ1v) is 7.65. The molecular weight excluding hydrogens is 333 g/mol. The topological polar surface area (TPSA) is 21.3 Å². The summed E-state index contributed by atoms with van der Waals surface area (Å²) in [5.74, 6) is 0.612. The van der Waals surface area contributed by atoms with E-state index in [0.29, 0.717) is 0 Å². The molecular formula is C17H19BrFNO. The predicted molar refractivity (Wildman–Crippen MR) is 87.1 cm³/mol. The zero-order valence-electron chi connectivity index (χ0n) is 12.4. The average Bonchev–Trinajstić information content (AvgIpc) is 2.47. The van der Waals surface area contributed by atoms with Crippen LogP contribution in [0.2, 0.25) is 0 Å². The number of rotatable bonds is 5. The molecule has 0 spiro atoms. The van der Waals surface area contributed by atoms with Gasteiger partial charge in [0.2, 0.25) is 0 Å². The monoisotopic (exact) mass is 351 g/mol. The third-order valence-corrected chi connectivity index (χ3v) is 4.23. The highest BCUT2D eigenvalue weighted by atomic mass is 79.9. The molecule has 4 heteroatoms. The lowest BCUT2D eigenvalue weighted by Crippen LogP contribution is -2.22. The molecule has 0 saturated carbocycles. The molecule has 0 aliphatic carbocycles. The maximum Gasteiger partial charge on any atom is 0.124 e. The Hall–Kier alpha value is -1.39. The molecule has 0 aromatic heterocycles. The fourth-order valence-electron chi connectivity index (χ4n) is 2.31. The number of hydrogen-bond donors (Lipinski definition) is 1. The largest absolute Gasteiger partial charge is 0.497 e. The van der Waals surface area contributed by atoms with Crippen LogP contribution in [0, 0.1) is 5.82 Å². The summed E-state index contributed by atoms with van der Waals surface area (Å²) < 4.78 is 19.1. The Morgan fingerprint density at radius 1 is 1.05 bits per heavy atom. The Bertz CT molecular complexity index is 600. The number of methoxy groups -OCH3 is 1. The van der Waals surface area contributed by atoms with Crippen molar-refractivity contribution in [1.82, 2.24) is 5.32 Å². The quantitative estimate of drug-likeness (QED) is 0.817. The second kappa shape index (κ2) is 7.05. The van der Waals surface area contributed by atoms with Crippen LogP contribution in [0.3, 0.4) is 0 Å². The van der Waals surface area contributed by atoms with Crippen LogP contribution in [0.25, 0.3) is 0 Å². The van der Waals surface area contributed by atoms with Crippen LogP contribution in [-0.2, 0) is 0 Å². The molecule has 21 heavy (non-hydrogen) atoms. The van der Waals surface area contributed by atoms with Crippen molar-refractivity contribution in [3.8, 4) is 5.75 Å². The van der Waals surface area contributed by atoms with Crippen LogP contribution in [0.1, 0.15) is 37.1 Å². The van der Waals surface area contributed by atoms with Crippen LogP contribution in [0.4, 0.5) is 4.39 Å². The zero-order valence-corrected chi connectivity index (χ0v) is 13.9. The van der Waals surface area contributed by atoms with Crippen LogP contribution in [0.5, 0.6) is 5.75 Å². The fourth-order valence-corrected chi connectivity index (χ4v) is 3.00. The van der Waals surface area contributed by atoms with Gasteiger partial charge in [-0.1, -0.05) is 34.1 Å². The molecule has 2 rings (SSSR count). The van der Waals surface area contributed by atoms with Crippen molar-refractivity contribution in [2.45, 2.75) is 25.9 Å². The number of ether oxygens (including phenoxy) is 1. The summed E-state index contributed by atoms with van der Waals surface area (Å²) in [6, 6.07) is 13.1. The minimum Gasteiger partial charge on any atom is -0.497 e. The van der Waals surface area contributed by atoms with Crippen molar-refractivity contribution in [3.63, 3.8) is 0 Å². The second-order valence-electron chi connectivity index (χ2n) is 5.05. The minimum absolute atomic E-state index is 0.108. The molecule has 1 N–H and O–H groups in total.